The number of rotatable bonds is 3. The predicted octanol–water partition coefficient (Wildman–Crippen LogP) is 5.32. The first-order valence-electron chi connectivity index (χ1n) is 11.6. The average molecular weight is 450 g/mol. The summed E-state index contributed by atoms with van der Waals surface area (Å²) in [5.74, 6) is 3.13. The summed E-state index contributed by atoms with van der Waals surface area (Å²) in [6.45, 7) is 6.19. The van der Waals surface area contributed by atoms with E-state index in [0.29, 0.717) is 19.1 Å². The third kappa shape index (κ3) is 3.34. The summed E-state index contributed by atoms with van der Waals surface area (Å²) >= 11 is 1.53. The first-order chi connectivity index (χ1) is 15.6. The SMILES string of the molecule is Cc1nc(C2CC2)nc2sc(C(=O)N3CCC[C@H]3c3ccc4c(c3)OCCCO4)c(C)c12. The first-order valence-corrected chi connectivity index (χ1v) is 12.4. The Hall–Kier alpha value is -2.67. The highest BCUT2D eigenvalue weighted by Crippen LogP contribution is 2.42. The van der Waals surface area contributed by atoms with Crippen LogP contribution in [-0.4, -0.2) is 40.5 Å². The molecule has 166 valence electrons. The Bertz CT molecular complexity index is 1220. The number of fused-ring (bicyclic) bond motifs is 2. The van der Waals surface area contributed by atoms with E-state index < -0.39 is 0 Å². The quantitative estimate of drug-likeness (QED) is 0.541. The standard InChI is InChI=1S/C25H27N3O3S/c1-14-21-15(2)26-23(16-6-7-16)27-24(21)32-22(14)25(29)28-10-3-5-18(28)17-8-9-19-20(13-17)31-12-4-11-30-19/h8-9,13,16,18H,3-7,10-12H2,1-2H3/t18-/m0/s1. The summed E-state index contributed by atoms with van der Waals surface area (Å²) in [6, 6.07) is 6.18. The molecule has 1 aromatic carbocycles. The molecule has 6 rings (SSSR count). The maximum absolute atomic E-state index is 13.7. The third-order valence-corrected chi connectivity index (χ3v) is 7.97. The van der Waals surface area contributed by atoms with Crippen LogP contribution in [0.25, 0.3) is 10.2 Å². The first kappa shape index (κ1) is 20.0. The van der Waals surface area contributed by atoms with E-state index in [9.17, 15) is 4.79 Å². The zero-order valence-corrected chi connectivity index (χ0v) is 19.3. The highest BCUT2D eigenvalue weighted by molar-refractivity contribution is 7.20. The van der Waals surface area contributed by atoms with E-state index in [1.807, 2.05) is 24.8 Å². The number of aryl methyl sites for hydroxylation is 2. The fourth-order valence-electron chi connectivity index (χ4n) is 4.96. The number of carbonyl (C=O) groups excluding carboxylic acids is 1. The Morgan fingerprint density at radius 2 is 1.88 bits per heavy atom. The van der Waals surface area contributed by atoms with Crippen molar-refractivity contribution in [2.75, 3.05) is 19.8 Å². The van der Waals surface area contributed by atoms with Crippen molar-refractivity contribution in [3.63, 3.8) is 0 Å². The van der Waals surface area contributed by atoms with Crippen LogP contribution in [0.3, 0.4) is 0 Å². The highest BCUT2D eigenvalue weighted by atomic mass is 32.1. The Kier molecular flexibility index (Phi) is 4.82. The molecule has 2 aliphatic heterocycles. The smallest absolute Gasteiger partial charge is 0.264 e. The Morgan fingerprint density at radius 3 is 2.69 bits per heavy atom. The second-order valence-corrected chi connectivity index (χ2v) is 10.1. The Balaban J connectivity index is 1.34. The van der Waals surface area contributed by atoms with Crippen molar-refractivity contribution in [3.8, 4) is 11.5 Å². The molecule has 1 amide bonds. The van der Waals surface area contributed by atoms with Crippen LogP contribution in [0, 0.1) is 13.8 Å². The molecule has 0 N–H and O–H groups in total. The molecule has 0 spiro atoms. The van der Waals surface area contributed by atoms with E-state index >= 15 is 0 Å². The summed E-state index contributed by atoms with van der Waals surface area (Å²) in [4.78, 5) is 27.1. The molecule has 6 nitrogen and oxygen atoms in total. The van der Waals surface area contributed by atoms with Gasteiger partial charge in [-0.3, -0.25) is 4.79 Å². The van der Waals surface area contributed by atoms with Crippen molar-refractivity contribution in [1.82, 2.24) is 14.9 Å². The van der Waals surface area contributed by atoms with E-state index in [-0.39, 0.29) is 11.9 Å². The lowest BCUT2D eigenvalue weighted by Crippen LogP contribution is -2.30. The molecule has 1 atom stereocenters. The Morgan fingerprint density at radius 1 is 1.06 bits per heavy atom. The lowest BCUT2D eigenvalue weighted by molar-refractivity contribution is 0.0740. The normalized spacial score (nSPS) is 20.6. The molecule has 1 saturated carbocycles. The largest absolute Gasteiger partial charge is 0.490 e. The van der Waals surface area contributed by atoms with Crippen LogP contribution in [0.2, 0.25) is 0 Å². The molecule has 4 heterocycles. The van der Waals surface area contributed by atoms with E-state index in [1.165, 1.54) is 24.2 Å². The fraction of sp³-hybridized carbons (Fsp3) is 0.480. The number of carbonyl (C=O) groups is 1. The van der Waals surface area contributed by atoms with Gasteiger partial charge in [-0.2, -0.15) is 0 Å². The highest BCUT2D eigenvalue weighted by Gasteiger charge is 2.34. The molecule has 2 aromatic heterocycles. The van der Waals surface area contributed by atoms with E-state index in [4.69, 9.17) is 19.4 Å². The number of hydrogen-bond acceptors (Lipinski definition) is 6. The van der Waals surface area contributed by atoms with Gasteiger partial charge in [-0.1, -0.05) is 6.07 Å². The number of ether oxygens (including phenoxy) is 2. The number of aromatic nitrogens is 2. The van der Waals surface area contributed by atoms with Crippen molar-refractivity contribution in [2.45, 2.75) is 57.9 Å². The predicted molar refractivity (Wildman–Crippen MR) is 124 cm³/mol. The summed E-state index contributed by atoms with van der Waals surface area (Å²) in [5.41, 5.74) is 3.12. The van der Waals surface area contributed by atoms with Gasteiger partial charge < -0.3 is 14.4 Å². The second-order valence-electron chi connectivity index (χ2n) is 9.09. The van der Waals surface area contributed by atoms with Gasteiger partial charge in [-0.25, -0.2) is 9.97 Å². The third-order valence-electron chi connectivity index (χ3n) is 6.80. The van der Waals surface area contributed by atoms with Gasteiger partial charge in [0.1, 0.15) is 10.7 Å². The minimum Gasteiger partial charge on any atom is -0.490 e. The molecule has 0 bridgehead atoms. The summed E-state index contributed by atoms with van der Waals surface area (Å²) in [6.07, 6.45) is 5.19. The van der Waals surface area contributed by atoms with E-state index in [2.05, 4.69) is 12.1 Å². The second kappa shape index (κ2) is 7.73. The lowest BCUT2D eigenvalue weighted by Gasteiger charge is -2.25. The maximum atomic E-state index is 13.7. The van der Waals surface area contributed by atoms with Gasteiger partial charge in [-0.15, -0.1) is 11.3 Å². The molecule has 0 radical (unpaired) electrons. The minimum atomic E-state index is 0.0541. The Labute approximate surface area is 191 Å². The lowest BCUT2D eigenvalue weighted by atomic mass is 10.0. The van der Waals surface area contributed by atoms with Crippen LogP contribution in [0.1, 0.15) is 76.4 Å². The molecular formula is C25H27N3O3S. The zero-order chi connectivity index (χ0) is 21.8. The number of thiophene rings is 1. The van der Waals surface area contributed by atoms with Gasteiger partial charge in [0.05, 0.1) is 29.8 Å². The van der Waals surface area contributed by atoms with Gasteiger partial charge in [0, 0.05) is 24.3 Å². The molecular weight excluding hydrogens is 422 g/mol. The minimum absolute atomic E-state index is 0.0541. The topological polar surface area (TPSA) is 64.6 Å². The van der Waals surface area contributed by atoms with Crippen LogP contribution >= 0.6 is 11.3 Å². The summed E-state index contributed by atoms with van der Waals surface area (Å²) in [7, 11) is 0. The fourth-order valence-corrected chi connectivity index (χ4v) is 6.16. The molecule has 3 aromatic rings. The van der Waals surface area contributed by atoms with Crippen molar-refractivity contribution in [1.29, 1.82) is 0 Å². The van der Waals surface area contributed by atoms with Crippen molar-refractivity contribution >= 4 is 27.5 Å². The monoisotopic (exact) mass is 449 g/mol. The van der Waals surface area contributed by atoms with Gasteiger partial charge >= 0.3 is 0 Å². The van der Waals surface area contributed by atoms with Crippen LogP contribution in [0.15, 0.2) is 18.2 Å². The van der Waals surface area contributed by atoms with Crippen LogP contribution in [0.4, 0.5) is 0 Å². The zero-order valence-electron chi connectivity index (χ0n) is 18.5. The van der Waals surface area contributed by atoms with Gasteiger partial charge in [0.25, 0.3) is 5.91 Å². The van der Waals surface area contributed by atoms with Gasteiger partial charge in [-0.05, 0) is 62.8 Å². The molecule has 32 heavy (non-hydrogen) atoms. The number of likely N-dealkylation sites (tertiary alicyclic amines) is 1. The van der Waals surface area contributed by atoms with E-state index in [1.54, 1.807) is 0 Å². The number of nitrogens with zero attached hydrogens (tertiary/aromatic N) is 3. The van der Waals surface area contributed by atoms with Crippen LogP contribution in [0.5, 0.6) is 11.5 Å². The maximum Gasteiger partial charge on any atom is 0.264 e. The molecule has 3 aliphatic rings. The van der Waals surface area contributed by atoms with Crippen molar-refractivity contribution < 1.29 is 14.3 Å². The summed E-state index contributed by atoms with van der Waals surface area (Å²) in [5, 5.41) is 1.05. The summed E-state index contributed by atoms with van der Waals surface area (Å²) < 4.78 is 11.7. The number of amides is 1. The van der Waals surface area contributed by atoms with Crippen molar-refractivity contribution in [3.05, 3.63) is 45.7 Å². The average Bonchev–Trinajstić information content (AvgIpc) is 3.49. The molecule has 0 unspecified atom stereocenters. The molecule has 1 aliphatic carbocycles. The van der Waals surface area contributed by atoms with Gasteiger partial charge in [0.15, 0.2) is 11.5 Å². The molecule has 7 heteroatoms. The van der Waals surface area contributed by atoms with Gasteiger partial charge in [0.2, 0.25) is 0 Å². The number of benzene rings is 1. The van der Waals surface area contributed by atoms with Crippen LogP contribution in [-0.2, 0) is 0 Å². The molecule has 2 fully saturated rings. The van der Waals surface area contributed by atoms with Crippen molar-refractivity contribution in [2.24, 2.45) is 0 Å². The van der Waals surface area contributed by atoms with Crippen LogP contribution < -0.4 is 9.47 Å². The number of hydrogen-bond donors (Lipinski definition) is 0. The van der Waals surface area contributed by atoms with E-state index in [0.717, 1.165) is 75.0 Å². The molecule has 1 saturated heterocycles.